The maximum Gasteiger partial charge on any atom is 0.176 e. The van der Waals surface area contributed by atoms with E-state index < -0.39 is 5.60 Å². The van der Waals surface area contributed by atoms with Crippen molar-refractivity contribution in [3.05, 3.63) is 17.7 Å². The van der Waals surface area contributed by atoms with Crippen LogP contribution in [0.25, 0.3) is 0 Å². The minimum absolute atomic E-state index is 0.116. The molecule has 0 spiro atoms. The molecular formula is C11H13N5O. The molecule has 1 aliphatic heterocycles. The highest BCUT2D eigenvalue weighted by Gasteiger charge is 2.30. The Morgan fingerprint density at radius 1 is 1.41 bits per heavy atom. The Kier molecular flexibility index (Phi) is 3.10. The van der Waals surface area contributed by atoms with Crippen molar-refractivity contribution in [1.29, 1.82) is 10.5 Å². The molecule has 2 heterocycles. The van der Waals surface area contributed by atoms with Gasteiger partial charge in [-0.25, -0.2) is 4.98 Å². The fraction of sp³-hybridized carbons (Fsp3) is 0.545. The SMILES string of the molecule is N#Cc1ncn(CC2(O)CCNCC2)c1C#N. The molecule has 88 valence electrons. The second-order valence-corrected chi connectivity index (χ2v) is 4.27. The third kappa shape index (κ3) is 2.28. The Hall–Kier alpha value is -1.89. The molecule has 2 rings (SSSR count). The van der Waals surface area contributed by atoms with Crippen LogP contribution in [0.1, 0.15) is 24.2 Å². The molecule has 0 radical (unpaired) electrons. The predicted octanol–water partition coefficient (Wildman–Crippen LogP) is -0.259. The van der Waals surface area contributed by atoms with E-state index in [1.165, 1.54) is 6.33 Å². The van der Waals surface area contributed by atoms with Crippen LogP contribution in [0.15, 0.2) is 6.33 Å². The third-order valence-electron chi connectivity index (χ3n) is 3.05. The largest absolute Gasteiger partial charge is 0.388 e. The van der Waals surface area contributed by atoms with Crippen LogP contribution in [-0.2, 0) is 6.54 Å². The summed E-state index contributed by atoms with van der Waals surface area (Å²) in [7, 11) is 0. The van der Waals surface area contributed by atoms with Crippen LogP contribution in [-0.4, -0.2) is 33.3 Å². The molecule has 0 amide bonds. The van der Waals surface area contributed by atoms with E-state index >= 15 is 0 Å². The number of nitrogens with one attached hydrogen (secondary N) is 1. The molecular weight excluding hydrogens is 218 g/mol. The highest BCUT2D eigenvalue weighted by Crippen LogP contribution is 2.21. The van der Waals surface area contributed by atoms with E-state index in [1.54, 1.807) is 4.57 Å². The number of rotatable bonds is 2. The number of piperidine rings is 1. The Morgan fingerprint density at radius 3 is 2.71 bits per heavy atom. The van der Waals surface area contributed by atoms with E-state index in [0.29, 0.717) is 19.4 Å². The zero-order chi connectivity index (χ0) is 12.3. The van der Waals surface area contributed by atoms with Crippen LogP contribution in [0.4, 0.5) is 0 Å². The summed E-state index contributed by atoms with van der Waals surface area (Å²) in [6, 6.07) is 3.82. The van der Waals surface area contributed by atoms with E-state index in [-0.39, 0.29) is 11.4 Å². The predicted molar refractivity (Wildman–Crippen MR) is 58.7 cm³/mol. The van der Waals surface area contributed by atoms with Gasteiger partial charge in [0.2, 0.25) is 0 Å². The minimum atomic E-state index is -0.815. The van der Waals surface area contributed by atoms with Gasteiger partial charge in [-0.3, -0.25) is 0 Å². The second kappa shape index (κ2) is 4.54. The van der Waals surface area contributed by atoms with Crippen molar-refractivity contribution < 1.29 is 5.11 Å². The molecule has 0 unspecified atom stereocenters. The summed E-state index contributed by atoms with van der Waals surface area (Å²) in [5.41, 5.74) is -0.478. The van der Waals surface area contributed by atoms with Gasteiger partial charge in [-0.05, 0) is 25.9 Å². The lowest BCUT2D eigenvalue weighted by Gasteiger charge is -2.32. The molecule has 1 aromatic rings. The summed E-state index contributed by atoms with van der Waals surface area (Å²) >= 11 is 0. The number of aliphatic hydroxyl groups is 1. The van der Waals surface area contributed by atoms with Gasteiger partial charge in [0.1, 0.15) is 12.1 Å². The van der Waals surface area contributed by atoms with Gasteiger partial charge >= 0.3 is 0 Å². The van der Waals surface area contributed by atoms with E-state index in [1.807, 2.05) is 12.1 Å². The van der Waals surface area contributed by atoms with E-state index in [4.69, 9.17) is 10.5 Å². The molecule has 6 nitrogen and oxygen atoms in total. The first-order chi connectivity index (χ1) is 8.18. The van der Waals surface area contributed by atoms with Gasteiger partial charge in [0.05, 0.1) is 18.5 Å². The monoisotopic (exact) mass is 231 g/mol. The standard InChI is InChI=1S/C11H13N5O/c12-5-9-10(6-13)16(8-15-9)7-11(17)1-3-14-4-2-11/h8,14,17H,1-4,7H2. The van der Waals surface area contributed by atoms with Gasteiger partial charge in [-0.1, -0.05) is 0 Å². The van der Waals surface area contributed by atoms with Gasteiger partial charge < -0.3 is 15.0 Å². The molecule has 1 aliphatic rings. The van der Waals surface area contributed by atoms with Crippen molar-refractivity contribution in [3.8, 4) is 12.1 Å². The number of aromatic nitrogens is 2. The lowest BCUT2D eigenvalue weighted by atomic mass is 9.92. The topological polar surface area (TPSA) is 97.7 Å². The number of imidazole rings is 1. The van der Waals surface area contributed by atoms with Gasteiger partial charge in [-0.2, -0.15) is 10.5 Å². The number of nitriles is 2. The molecule has 0 saturated carbocycles. The number of nitrogens with zero attached hydrogens (tertiary/aromatic N) is 4. The quantitative estimate of drug-likeness (QED) is 0.730. The van der Waals surface area contributed by atoms with Crippen LogP contribution in [0.3, 0.4) is 0 Å². The first-order valence-electron chi connectivity index (χ1n) is 5.47. The zero-order valence-corrected chi connectivity index (χ0v) is 9.35. The molecule has 1 saturated heterocycles. The van der Waals surface area contributed by atoms with Crippen LogP contribution < -0.4 is 5.32 Å². The Morgan fingerprint density at radius 2 is 2.12 bits per heavy atom. The molecule has 17 heavy (non-hydrogen) atoms. The molecule has 0 aromatic carbocycles. The van der Waals surface area contributed by atoms with E-state index in [2.05, 4.69) is 10.3 Å². The van der Waals surface area contributed by atoms with Crippen molar-refractivity contribution >= 4 is 0 Å². The fourth-order valence-electron chi connectivity index (χ4n) is 2.07. The summed E-state index contributed by atoms with van der Waals surface area (Å²) in [5, 5.41) is 31.3. The van der Waals surface area contributed by atoms with Crippen molar-refractivity contribution in [3.63, 3.8) is 0 Å². The second-order valence-electron chi connectivity index (χ2n) is 4.27. The van der Waals surface area contributed by atoms with Crippen molar-refractivity contribution in [2.45, 2.75) is 25.0 Å². The molecule has 1 fully saturated rings. The van der Waals surface area contributed by atoms with E-state index in [9.17, 15) is 5.11 Å². The Bertz CT molecular complexity index is 487. The average molecular weight is 231 g/mol. The maximum absolute atomic E-state index is 10.3. The van der Waals surface area contributed by atoms with Gasteiger partial charge in [-0.15, -0.1) is 0 Å². The number of hydrogen-bond acceptors (Lipinski definition) is 5. The van der Waals surface area contributed by atoms with Gasteiger partial charge in [0.15, 0.2) is 11.4 Å². The van der Waals surface area contributed by atoms with Crippen molar-refractivity contribution in [2.75, 3.05) is 13.1 Å². The maximum atomic E-state index is 10.3. The zero-order valence-electron chi connectivity index (χ0n) is 9.35. The third-order valence-corrected chi connectivity index (χ3v) is 3.05. The summed E-state index contributed by atoms with van der Waals surface area (Å²) in [4.78, 5) is 3.85. The summed E-state index contributed by atoms with van der Waals surface area (Å²) in [6.45, 7) is 1.84. The summed E-state index contributed by atoms with van der Waals surface area (Å²) in [6.07, 6.45) is 2.72. The highest BCUT2D eigenvalue weighted by molar-refractivity contribution is 5.36. The average Bonchev–Trinajstić information content (AvgIpc) is 2.71. The Balaban J connectivity index is 2.22. The molecule has 2 N–H and O–H groups in total. The molecule has 0 bridgehead atoms. The molecule has 6 heteroatoms. The highest BCUT2D eigenvalue weighted by atomic mass is 16.3. The first kappa shape index (κ1) is 11.6. The van der Waals surface area contributed by atoms with Crippen molar-refractivity contribution in [2.24, 2.45) is 0 Å². The van der Waals surface area contributed by atoms with Crippen LogP contribution in [0.5, 0.6) is 0 Å². The molecule has 0 aliphatic carbocycles. The van der Waals surface area contributed by atoms with Crippen LogP contribution >= 0.6 is 0 Å². The van der Waals surface area contributed by atoms with E-state index in [0.717, 1.165) is 13.1 Å². The van der Waals surface area contributed by atoms with Crippen LogP contribution in [0.2, 0.25) is 0 Å². The summed E-state index contributed by atoms with van der Waals surface area (Å²) < 4.78 is 1.56. The minimum Gasteiger partial charge on any atom is -0.388 e. The van der Waals surface area contributed by atoms with Crippen molar-refractivity contribution in [1.82, 2.24) is 14.9 Å². The van der Waals surface area contributed by atoms with Gasteiger partial charge in [0.25, 0.3) is 0 Å². The smallest absolute Gasteiger partial charge is 0.176 e. The lowest BCUT2D eigenvalue weighted by Crippen LogP contribution is -2.44. The van der Waals surface area contributed by atoms with Crippen LogP contribution in [0, 0.1) is 22.7 Å². The normalized spacial score (nSPS) is 18.3. The number of hydrogen-bond donors (Lipinski definition) is 2. The lowest BCUT2D eigenvalue weighted by molar-refractivity contribution is -0.00555. The summed E-state index contributed by atoms with van der Waals surface area (Å²) in [5.74, 6) is 0. The fourth-order valence-corrected chi connectivity index (χ4v) is 2.07. The molecule has 1 aromatic heterocycles. The molecule has 0 atom stereocenters. The Labute approximate surface area is 99.1 Å². The van der Waals surface area contributed by atoms with Gasteiger partial charge in [0, 0.05) is 0 Å². The first-order valence-corrected chi connectivity index (χ1v) is 5.47.